The highest BCUT2D eigenvalue weighted by molar-refractivity contribution is 6.08. The van der Waals surface area contributed by atoms with Crippen molar-refractivity contribution in [1.29, 1.82) is 0 Å². The highest BCUT2D eigenvalue weighted by Crippen LogP contribution is 2.28. The summed E-state index contributed by atoms with van der Waals surface area (Å²) >= 11 is 0. The Morgan fingerprint density at radius 1 is 0.885 bits per heavy atom. The molecule has 0 heterocycles. The number of allylic oxidation sites excluding steroid dienone is 1. The van der Waals surface area contributed by atoms with Crippen LogP contribution in [0.15, 0.2) is 42.5 Å². The molecule has 2 aromatic carbocycles. The molecule has 0 atom stereocenters. The lowest BCUT2D eigenvalue weighted by Gasteiger charge is -2.11. The largest absolute Gasteiger partial charge is 0.497 e. The van der Waals surface area contributed by atoms with E-state index in [2.05, 4.69) is 0 Å². The molecular formula is C21H24O5. The molecule has 0 unspecified atom stereocenters. The smallest absolute Gasteiger partial charge is 0.189 e. The predicted molar refractivity (Wildman–Crippen MR) is 102 cm³/mol. The topological polar surface area (TPSA) is 54.0 Å². The molecule has 2 aromatic rings. The molecule has 0 bridgehead atoms. The molecular weight excluding hydrogens is 332 g/mol. The molecule has 0 N–H and O–H groups in total. The zero-order valence-corrected chi connectivity index (χ0v) is 15.6. The quantitative estimate of drug-likeness (QED) is 0.492. The molecule has 5 nitrogen and oxygen atoms in total. The number of benzene rings is 2. The summed E-state index contributed by atoms with van der Waals surface area (Å²) in [5, 5.41) is 0. The number of carbonyl (C=O) groups excluding carboxylic acids is 1. The van der Waals surface area contributed by atoms with Crippen LogP contribution < -0.4 is 18.9 Å². The van der Waals surface area contributed by atoms with Crippen molar-refractivity contribution < 1.29 is 23.7 Å². The molecule has 26 heavy (non-hydrogen) atoms. The van der Waals surface area contributed by atoms with E-state index in [1.54, 1.807) is 44.6 Å². The van der Waals surface area contributed by atoms with Gasteiger partial charge in [-0.25, -0.2) is 0 Å². The Balaban J connectivity index is 2.27. The molecule has 0 aliphatic heterocycles. The van der Waals surface area contributed by atoms with E-state index in [0.29, 0.717) is 41.8 Å². The van der Waals surface area contributed by atoms with Gasteiger partial charge in [0.15, 0.2) is 5.78 Å². The average molecular weight is 356 g/mol. The second kappa shape index (κ2) is 9.51. The van der Waals surface area contributed by atoms with E-state index in [0.717, 1.165) is 5.56 Å². The molecule has 0 saturated carbocycles. The first-order chi connectivity index (χ1) is 12.6. The second-order valence-corrected chi connectivity index (χ2v) is 5.33. The molecule has 138 valence electrons. The minimum absolute atomic E-state index is 0.158. The lowest BCUT2D eigenvalue weighted by molar-refractivity contribution is 0.104. The average Bonchev–Trinajstić information content (AvgIpc) is 2.66. The van der Waals surface area contributed by atoms with Gasteiger partial charge in [-0.15, -0.1) is 0 Å². The third kappa shape index (κ3) is 4.79. The van der Waals surface area contributed by atoms with Crippen LogP contribution in [0.2, 0.25) is 0 Å². The van der Waals surface area contributed by atoms with Crippen molar-refractivity contribution in [3.8, 4) is 23.0 Å². The molecule has 0 aliphatic carbocycles. The third-order valence-corrected chi connectivity index (χ3v) is 3.68. The Kier molecular flexibility index (Phi) is 7.09. The molecule has 0 spiro atoms. The molecule has 0 radical (unpaired) electrons. The number of methoxy groups -OCH3 is 2. The van der Waals surface area contributed by atoms with Gasteiger partial charge in [-0.3, -0.25) is 4.79 Å². The van der Waals surface area contributed by atoms with E-state index >= 15 is 0 Å². The van der Waals surface area contributed by atoms with E-state index in [1.807, 2.05) is 26.0 Å². The lowest BCUT2D eigenvalue weighted by Crippen LogP contribution is -2.03. The first-order valence-electron chi connectivity index (χ1n) is 8.47. The fraction of sp³-hybridized carbons (Fsp3) is 0.286. The van der Waals surface area contributed by atoms with Gasteiger partial charge in [-0.05, 0) is 50.3 Å². The van der Waals surface area contributed by atoms with Crippen LogP contribution in [0.3, 0.4) is 0 Å². The van der Waals surface area contributed by atoms with Crippen LogP contribution in [0, 0.1) is 0 Å². The molecule has 2 rings (SSSR count). The van der Waals surface area contributed by atoms with Crippen molar-refractivity contribution in [3.05, 3.63) is 53.6 Å². The van der Waals surface area contributed by atoms with Gasteiger partial charge >= 0.3 is 0 Å². The summed E-state index contributed by atoms with van der Waals surface area (Å²) in [6, 6.07) is 10.6. The maximum absolute atomic E-state index is 12.6. The van der Waals surface area contributed by atoms with Crippen molar-refractivity contribution in [2.75, 3.05) is 27.4 Å². The summed E-state index contributed by atoms with van der Waals surface area (Å²) in [4.78, 5) is 12.6. The maximum Gasteiger partial charge on any atom is 0.189 e. The van der Waals surface area contributed by atoms with Crippen LogP contribution in [0.5, 0.6) is 23.0 Å². The normalized spacial score (nSPS) is 10.6. The fourth-order valence-corrected chi connectivity index (χ4v) is 2.45. The Morgan fingerprint density at radius 2 is 1.58 bits per heavy atom. The number of hydrogen-bond donors (Lipinski definition) is 0. The van der Waals surface area contributed by atoms with E-state index in [9.17, 15) is 4.79 Å². The van der Waals surface area contributed by atoms with Crippen LogP contribution >= 0.6 is 0 Å². The first-order valence-corrected chi connectivity index (χ1v) is 8.47. The van der Waals surface area contributed by atoms with Gasteiger partial charge in [0.05, 0.1) is 33.0 Å². The molecule has 0 aliphatic rings. The van der Waals surface area contributed by atoms with Crippen molar-refractivity contribution in [1.82, 2.24) is 0 Å². The van der Waals surface area contributed by atoms with Gasteiger partial charge in [0, 0.05) is 17.7 Å². The third-order valence-electron chi connectivity index (χ3n) is 3.68. The Hall–Kier alpha value is -2.95. The van der Waals surface area contributed by atoms with Crippen LogP contribution in [0.25, 0.3) is 6.08 Å². The molecule has 0 amide bonds. The SMILES string of the molecule is CCOc1ccc(C(=O)C=Cc2ccc(OC)cc2OC)c(OCC)c1. The predicted octanol–water partition coefficient (Wildman–Crippen LogP) is 4.40. The minimum atomic E-state index is -0.158. The highest BCUT2D eigenvalue weighted by Gasteiger charge is 2.12. The Bertz CT molecular complexity index is 780. The van der Waals surface area contributed by atoms with Gasteiger partial charge < -0.3 is 18.9 Å². The number of ether oxygens (including phenoxy) is 4. The van der Waals surface area contributed by atoms with Gasteiger partial charge in [0.1, 0.15) is 23.0 Å². The molecule has 5 heteroatoms. The van der Waals surface area contributed by atoms with Crippen LogP contribution in [-0.4, -0.2) is 33.2 Å². The first kappa shape index (κ1) is 19.4. The molecule has 0 saturated heterocycles. The van der Waals surface area contributed by atoms with Crippen LogP contribution in [0.1, 0.15) is 29.8 Å². The molecule has 0 fully saturated rings. The summed E-state index contributed by atoms with van der Waals surface area (Å²) < 4.78 is 21.6. The number of carbonyl (C=O) groups is 1. The van der Waals surface area contributed by atoms with Crippen LogP contribution in [0.4, 0.5) is 0 Å². The van der Waals surface area contributed by atoms with Gasteiger partial charge in [0.25, 0.3) is 0 Å². The van der Waals surface area contributed by atoms with Crippen molar-refractivity contribution >= 4 is 11.9 Å². The van der Waals surface area contributed by atoms with Gasteiger partial charge in [-0.1, -0.05) is 0 Å². The summed E-state index contributed by atoms with van der Waals surface area (Å²) in [6.07, 6.45) is 3.22. The van der Waals surface area contributed by atoms with E-state index < -0.39 is 0 Å². The minimum Gasteiger partial charge on any atom is -0.497 e. The van der Waals surface area contributed by atoms with E-state index in [4.69, 9.17) is 18.9 Å². The zero-order valence-electron chi connectivity index (χ0n) is 15.6. The monoisotopic (exact) mass is 356 g/mol. The van der Waals surface area contributed by atoms with Crippen molar-refractivity contribution in [2.24, 2.45) is 0 Å². The summed E-state index contributed by atoms with van der Waals surface area (Å²) in [5.41, 5.74) is 1.27. The maximum atomic E-state index is 12.6. The highest BCUT2D eigenvalue weighted by atomic mass is 16.5. The summed E-state index contributed by atoms with van der Waals surface area (Å²) in [5.74, 6) is 2.35. The number of ketones is 1. The van der Waals surface area contributed by atoms with E-state index in [1.165, 1.54) is 6.08 Å². The fourth-order valence-electron chi connectivity index (χ4n) is 2.45. The van der Waals surface area contributed by atoms with Crippen molar-refractivity contribution in [2.45, 2.75) is 13.8 Å². The van der Waals surface area contributed by atoms with E-state index in [-0.39, 0.29) is 5.78 Å². The summed E-state index contributed by atoms with van der Waals surface area (Å²) in [6.45, 7) is 4.80. The second-order valence-electron chi connectivity index (χ2n) is 5.33. The van der Waals surface area contributed by atoms with Crippen LogP contribution in [-0.2, 0) is 0 Å². The lowest BCUT2D eigenvalue weighted by atomic mass is 10.1. The number of rotatable bonds is 9. The van der Waals surface area contributed by atoms with Crippen molar-refractivity contribution in [3.63, 3.8) is 0 Å². The van der Waals surface area contributed by atoms with Gasteiger partial charge in [0.2, 0.25) is 0 Å². The Labute approximate surface area is 154 Å². The summed E-state index contributed by atoms with van der Waals surface area (Å²) in [7, 11) is 3.17. The zero-order chi connectivity index (χ0) is 18.9. The van der Waals surface area contributed by atoms with Gasteiger partial charge in [-0.2, -0.15) is 0 Å². The molecule has 0 aromatic heterocycles. The standard InChI is InChI=1S/C21H24O5/c1-5-25-17-10-11-18(21(14-17)26-6-2)19(22)12-8-15-7-9-16(23-3)13-20(15)24-4/h7-14H,5-6H2,1-4H3. The number of hydrogen-bond acceptors (Lipinski definition) is 5. The Morgan fingerprint density at radius 3 is 2.23 bits per heavy atom.